The fourth-order valence-corrected chi connectivity index (χ4v) is 2.89. The van der Waals surface area contributed by atoms with E-state index in [1.165, 1.54) is 0 Å². The van der Waals surface area contributed by atoms with Crippen LogP contribution in [0.5, 0.6) is 0 Å². The van der Waals surface area contributed by atoms with Crippen molar-refractivity contribution >= 4 is 46.8 Å². The van der Waals surface area contributed by atoms with Crippen molar-refractivity contribution in [1.82, 2.24) is 4.98 Å². The van der Waals surface area contributed by atoms with Gasteiger partial charge in [0.05, 0.1) is 16.5 Å². The van der Waals surface area contributed by atoms with Crippen LogP contribution in [0.4, 0.5) is 0 Å². The number of aromatic nitrogens is 1. The molecule has 126 valence electrons. The predicted octanol–water partition coefficient (Wildman–Crippen LogP) is 3.88. The van der Waals surface area contributed by atoms with Crippen molar-refractivity contribution < 1.29 is 9.63 Å². The molecule has 0 spiro atoms. The highest BCUT2D eigenvalue weighted by molar-refractivity contribution is 7.98. The van der Waals surface area contributed by atoms with Gasteiger partial charge in [0.1, 0.15) is 0 Å². The number of thioether (sulfide) groups is 1. The molecule has 0 atom stereocenters. The zero-order valence-electron chi connectivity index (χ0n) is 12.6. The number of hydrogen-bond acceptors (Lipinski definition) is 5. The fourth-order valence-electron chi connectivity index (χ4n) is 1.70. The van der Waals surface area contributed by atoms with Crippen molar-refractivity contribution in [3.63, 3.8) is 0 Å². The Kier molecular flexibility index (Phi) is 7.36. The highest BCUT2D eigenvalue weighted by Gasteiger charge is 2.05. The molecule has 2 aromatic rings. The number of hydrogen-bond donors (Lipinski definition) is 1. The Bertz CT molecular complexity index is 727. The second-order valence-corrected chi connectivity index (χ2v) is 6.65. The van der Waals surface area contributed by atoms with Crippen LogP contribution in [0.25, 0.3) is 0 Å². The third-order valence-electron chi connectivity index (χ3n) is 2.93. The second-order valence-electron chi connectivity index (χ2n) is 4.73. The third-order valence-corrected chi connectivity index (χ3v) is 4.69. The van der Waals surface area contributed by atoms with E-state index in [0.29, 0.717) is 21.4 Å². The number of nitrogens with zero attached hydrogens (tertiary/aromatic N) is 2. The molecule has 8 heteroatoms. The lowest BCUT2D eigenvalue weighted by molar-refractivity contribution is -0.143. The van der Waals surface area contributed by atoms with Crippen LogP contribution in [0.15, 0.2) is 47.9 Å². The summed E-state index contributed by atoms with van der Waals surface area (Å²) >= 11 is 13.4. The summed E-state index contributed by atoms with van der Waals surface area (Å²) in [6.07, 6.45) is 3.40. The number of carbonyl (C=O) groups excluding carboxylic acids is 1. The van der Waals surface area contributed by atoms with E-state index < -0.39 is 5.97 Å². The first-order valence-electron chi connectivity index (χ1n) is 7.01. The summed E-state index contributed by atoms with van der Waals surface area (Å²) in [6, 6.07) is 8.83. The van der Waals surface area contributed by atoms with E-state index in [2.05, 4.69) is 10.1 Å². The molecule has 0 saturated heterocycles. The monoisotopic (exact) mass is 383 g/mol. The first kappa shape index (κ1) is 18.6. The molecule has 5 nitrogen and oxygen atoms in total. The molecule has 0 aliphatic carbocycles. The number of benzene rings is 1. The van der Waals surface area contributed by atoms with Gasteiger partial charge in [-0.2, -0.15) is 11.8 Å². The number of carbonyl (C=O) groups is 1. The maximum Gasteiger partial charge on any atom is 0.335 e. The van der Waals surface area contributed by atoms with Gasteiger partial charge in [0, 0.05) is 29.5 Å². The molecule has 0 radical (unpaired) electrons. The molecule has 1 aromatic carbocycles. The predicted molar refractivity (Wildman–Crippen MR) is 98.3 cm³/mol. The van der Waals surface area contributed by atoms with Crippen LogP contribution in [0.3, 0.4) is 0 Å². The van der Waals surface area contributed by atoms with Crippen LogP contribution < -0.4 is 5.73 Å². The van der Waals surface area contributed by atoms with Gasteiger partial charge < -0.3 is 10.6 Å². The van der Waals surface area contributed by atoms with Gasteiger partial charge >= 0.3 is 5.97 Å². The minimum Gasteiger partial charge on any atom is -0.380 e. The topological polar surface area (TPSA) is 77.6 Å². The lowest BCUT2D eigenvalue weighted by atomic mass is 10.2. The van der Waals surface area contributed by atoms with Crippen molar-refractivity contribution in [3.8, 4) is 0 Å². The first-order valence-corrected chi connectivity index (χ1v) is 8.92. The van der Waals surface area contributed by atoms with Gasteiger partial charge in [-0.25, -0.2) is 4.79 Å². The maximum atomic E-state index is 11.6. The van der Waals surface area contributed by atoms with Crippen LogP contribution in [0, 0.1) is 0 Å². The molecular formula is C16H15Cl2N3O2S. The standard InChI is InChI=1S/C16H15Cl2N3O2S/c17-13-2-1-11(9-14(13)18)10-24-8-5-15(22)23-21-16(19)12-3-6-20-7-4-12/h1-4,6-7,9H,5,8,10H2,(H2,19,21). The Hall–Kier alpha value is -1.76. The molecule has 2 rings (SSSR count). The average Bonchev–Trinajstić information content (AvgIpc) is 2.60. The van der Waals surface area contributed by atoms with E-state index in [-0.39, 0.29) is 12.3 Å². The normalized spacial score (nSPS) is 11.3. The lowest BCUT2D eigenvalue weighted by Crippen LogP contribution is -2.15. The molecule has 0 aliphatic rings. The minimum atomic E-state index is -0.436. The van der Waals surface area contributed by atoms with Gasteiger partial charge in [-0.3, -0.25) is 4.98 Å². The quantitative estimate of drug-likeness (QED) is 0.258. The van der Waals surface area contributed by atoms with Crippen LogP contribution in [-0.2, 0) is 15.4 Å². The zero-order valence-corrected chi connectivity index (χ0v) is 14.9. The van der Waals surface area contributed by atoms with E-state index in [9.17, 15) is 4.79 Å². The number of pyridine rings is 1. The van der Waals surface area contributed by atoms with Crippen molar-refractivity contribution in [2.24, 2.45) is 10.9 Å². The van der Waals surface area contributed by atoms with Gasteiger partial charge in [0.15, 0.2) is 5.84 Å². The number of amidine groups is 1. The minimum absolute atomic E-state index is 0.134. The van der Waals surface area contributed by atoms with Crippen molar-refractivity contribution in [2.45, 2.75) is 12.2 Å². The van der Waals surface area contributed by atoms with Gasteiger partial charge in [-0.15, -0.1) is 0 Å². The van der Waals surface area contributed by atoms with Crippen molar-refractivity contribution in [2.75, 3.05) is 5.75 Å². The third kappa shape index (κ3) is 6.03. The lowest BCUT2D eigenvalue weighted by Gasteiger charge is -2.03. The average molecular weight is 384 g/mol. The summed E-state index contributed by atoms with van der Waals surface area (Å²) in [5, 5.41) is 4.68. The molecule has 0 unspecified atom stereocenters. The molecule has 0 amide bonds. The molecule has 24 heavy (non-hydrogen) atoms. The van der Waals surface area contributed by atoms with Crippen LogP contribution >= 0.6 is 35.0 Å². The Morgan fingerprint density at radius 1 is 1.21 bits per heavy atom. The molecule has 1 heterocycles. The number of nitrogens with two attached hydrogens (primary N) is 1. The Morgan fingerprint density at radius 2 is 1.96 bits per heavy atom. The summed E-state index contributed by atoms with van der Waals surface area (Å²) in [7, 11) is 0. The van der Waals surface area contributed by atoms with E-state index in [1.54, 1.807) is 42.4 Å². The summed E-state index contributed by atoms with van der Waals surface area (Å²) in [4.78, 5) is 20.3. The molecule has 0 fully saturated rings. The van der Waals surface area contributed by atoms with E-state index in [0.717, 1.165) is 11.3 Å². The van der Waals surface area contributed by atoms with Crippen molar-refractivity contribution in [3.05, 3.63) is 63.9 Å². The summed E-state index contributed by atoms with van der Waals surface area (Å²) in [5.41, 5.74) is 7.41. The Labute approximate surface area is 154 Å². The zero-order chi connectivity index (χ0) is 17.4. The summed E-state index contributed by atoms with van der Waals surface area (Å²) < 4.78 is 0. The van der Waals surface area contributed by atoms with Crippen molar-refractivity contribution in [1.29, 1.82) is 0 Å². The molecule has 0 saturated carbocycles. The highest BCUT2D eigenvalue weighted by Crippen LogP contribution is 2.24. The van der Waals surface area contributed by atoms with E-state index >= 15 is 0 Å². The number of halogens is 2. The first-order chi connectivity index (χ1) is 11.6. The Balaban J connectivity index is 1.70. The second kappa shape index (κ2) is 9.52. The van der Waals surface area contributed by atoms with Gasteiger partial charge in [-0.1, -0.05) is 34.4 Å². The van der Waals surface area contributed by atoms with Gasteiger partial charge in [-0.05, 0) is 29.8 Å². The van der Waals surface area contributed by atoms with E-state index in [1.807, 2.05) is 12.1 Å². The maximum absolute atomic E-state index is 11.6. The smallest absolute Gasteiger partial charge is 0.335 e. The van der Waals surface area contributed by atoms with E-state index in [4.69, 9.17) is 33.8 Å². The summed E-state index contributed by atoms with van der Waals surface area (Å²) in [6.45, 7) is 0. The highest BCUT2D eigenvalue weighted by atomic mass is 35.5. The van der Waals surface area contributed by atoms with Crippen LogP contribution in [0.2, 0.25) is 10.0 Å². The number of oxime groups is 1. The molecule has 1 aromatic heterocycles. The molecular weight excluding hydrogens is 369 g/mol. The molecule has 0 aliphatic heterocycles. The van der Waals surface area contributed by atoms with Crippen LogP contribution in [0.1, 0.15) is 17.5 Å². The van der Waals surface area contributed by atoms with Gasteiger partial charge in [0.2, 0.25) is 0 Å². The van der Waals surface area contributed by atoms with Gasteiger partial charge in [0.25, 0.3) is 0 Å². The Morgan fingerprint density at radius 3 is 2.67 bits per heavy atom. The van der Waals surface area contributed by atoms with Crippen LogP contribution in [-0.4, -0.2) is 22.5 Å². The largest absolute Gasteiger partial charge is 0.380 e. The fraction of sp³-hybridized carbons (Fsp3) is 0.188. The molecule has 2 N–H and O–H groups in total. The summed E-state index contributed by atoms with van der Waals surface area (Å²) in [5.74, 6) is 1.03. The number of rotatable bonds is 7. The molecule has 0 bridgehead atoms. The SMILES string of the molecule is N/C(=N/OC(=O)CCSCc1ccc(Cl)c(Cl)c1)c1ccncc1.